The quantitative estimate of drug-likeness (QED) is 0.899. The van der Waals surface area contributed by atoms with Crippen LogP contribution >= 0.6 is 15.9 Å². The van der Waals surface area contributed by atoms with Crippen molar-refractivity contribution in [3.8, 4) is 0 Å². The molecule has 1 heterocycles. The Morgan fingerprint density at radius 3 is 2.55 bits per heavy atom. The molecule has 0 unspecified atom stereocenters. The predicted molar refractivity (Wildman–Crippen MR) is 75.1 cm³/mol. The van der Waals surface area contributed by atoms with Crippen molar-refractivity contribution >= 4 is 39.1 Å². The number of furan rings is 1. The van der Waals surface area contributed by atoms with E-state index in [2.05, 4.69) is 26.6 Å². The van der Waals surface area contributed by atoms with E-state index in [1.54, 1.807) is 6.07 Å². The van der Waals surface area contributed by atoms with Gasteiger partial charge in [-0.2, -0.15) is 0 Å². The van der Waals surface area contributed by atoms with Crippen LogP contribution in [0.5, 0.6) is 0 Å². The summed E-state index contributed by atoms with van der Waals surface area (Å²) < 4.78 is 19.1. The van der Waals surface area contributed by atoms with Crippen molar-refractivity contribution in [1.82, 2.24) is 0 Å². The molecule has 0 radical (unpaired) electrons. The number of hydrogen-bond acceptors (Lipinski definition) is 3. The van der Waals surface area contributed by atoms with E-state index in [1.165, 1.54) is 25.1 Å². The molecule has 0 spiro atoms. The van der Waals surface area contributed by atoms with Crippen LogP contribution in [0.15, 0.2) is 39.4 Å². The first kappa shape index (κ1) is 14.3. The van der Waals surface area contributed by atoms with Crippen molar-refractivity contribution in [1.29, 1.82) is 0 Å². The number of carbonyl (C=O) groups is 2. The Morgan fingerprint density at radius 1 is 1.20 bits per heavy atom. The average Bonchev–Trinajstić information content (AvgIpc) is 2.79. The molecule has 20 heavy (non-hydrogen) atoms. The summed E-state index contributed by atoms with van der Waals surface area (Å²) in [6.45, 7) is 1.34. The summed E-state index contributed by atoms with van der Waals surface area (Å²) in [7, 11) is 0. The Labute approximate surface area is 122 Å². The summed E-state index contributed by atoms with van der Waals surface area (Å²) in [5.41, 5.74) is 0.337. The van der Waals surface area contributed by atoms with Gasteiger partial charge in [0.25, 0.3) is 5.91 Å². The van der Waals surface area contributed by atoms with E-state index in [0.717, 1.165) is 6.07 Å². The zero-order valence-corrected chi connectivity index (χ0v) is 12.0. The fraction of sp³-hybridized carbons (Fsp3) is 0.0769. The van der Waals surface area contributed by atoms with E-state index in [9.17, 15) is 14.0 Å². The lowest BCUT2D eigenvalue weighted by Gasteiger charge is -2.08. The molecule has 0 aliphatic carbocycles. The zero-order chi connectivity index (χ0) is 14.7. The van der Waals surface area contributed by atoms with Crippen molar-refractivity contribution in [2.24, 2.45) is 0 Å². The fourth-order valence-electron chi connectivity index (χ4n) is 1.52. The maximum atomic E-state index is 13.6. The van der Waals surface area contributed by atoms with Crippen LogP contribution in [0.2, 0.25) is 0 Å². The number of amides is 2. The molecule has 1 aromatic heterocycles. The van der Waals surface area contributed by atoms with Gasteiger partial charge in [-0.05, 0) is 46.3 Å². The van der Waals surface area contributed by atoms with Crippen molar-refractivity contribution in [3.05, 3.63) is 46.6 Å². The molecule has 7 heteroatoms. The Balaban J connectivity index is 2.19. The van der Waals surface area contributed by atoms with E-state index in [1.807, 2.05) is 0 Å². The maximum absolute atomic E-state index is 13.6. The Kier molecular flexibility index (Phi) is 4.19. The van der Waals surface area contributed by atoms with Gasteiger partial charge in [-0.25, -0.2) is 4.39 Å². The number of carbonyl (C=O) groups excluding carboxylic acids is 2. The second kappa shape index (κ2) is 5.87. The summed E-state index contributed by atoms with van der Waals surface area (Å²) in [6.07, 6.45) is 0. The molecule has 0 saturated carbocycles. The van der Waals surface area contributed by atoms with Gasteiger partial charge in [-0.15, -0.1) is 0 Å². The third kappa shape index (κ3) is 3.45. The first-order valence-electron chi connectivity index (χ1n) is 5.59. The third-order valence-electron chi connectivity index (χ3n) is 2.33. The van der Waals surface area contributed by atoms with Crippen molar-refractivity contribution in [3.63, 3.8) is 0 Å². The van der Waals surface area contributed by atoms with Gasteiger partial charge in [0.05, 0.1) is 5.69 Å². The van der Waals surface area contributed by atoms with Gasteiger partial charge in [-0.1, -0.05) is 0 Å². The van der Waals surface area contributed by atoms with Gasteiger partial charge < -0.3 is 15.1 Å². The normalized spacial score (nSPS) is 10.2. The van der Waals surface area contributed by atoms with Crippen molar-refractivity contribution in [2.75, 3.05) is 10.6 Å². The minimum Gasteiger partial charge on any atom is -0.444 e. The lowest BCUT2D eigenvalue weighted by molar-refractivity contribution is -0.114. The maximum Gasteiger partial charge on any atom is 0.291 e. The molecule has 0 aliphatic rings. The van der Waals surface area contributed by atoms with Gasteiger partial charge in [0.15, 0.2) is 10.4 Å². The molecule has 2 N–H and O–H groups in total. The molecule has 0 atom stereocenters. The van der Waals surface area contributed by atoms with Gasteiger partial charge in [0.2, 0.25) is 5.91 Å². The monoisotopic (exact) mass is 340 g/mol. The van der Waals surface area contributed by atoms with Crippen LogP contribution in [0.1, 0.15) is 17.5 Å². The van der Waals surface area contributed by atoms with E-state index in [-0.39, 0.29) is 17.4 Å². The van der Waals surface area contributed by atoms with Gasteiger partial charge in [-0.3, -0.25) is 9.59 Å². The Hall–Kier alpha value is -2.15. The largest absolute Gasteiger partial charge is 0.444 e. The predicted octanol–water partition coefficient (Wildman–Crippen LogP) is 3.39. The fourth-order valence-corrected chi connectivity index (χ4v) is 1.83. The van der Waals surface area contributed by atoms with Crippen LogP contribution < -0.4 is 10.6 Å². The summed E-state index contributed by atoms with van der Waals surface area (Å²) in [5, 5.41) is 4.88. The summed E-state index contributed by atoms with van der Waals surface area (Å²) >= 11 is 3.07. The van der Waals surface area contributed by atoms with Crippen molar-refractivity contribution < 1.29 is 18.4 Å². The lowest BCUT2D eigenvalue weighted by atomic mass is 10.2. The smallest absolute Gasteiger partial charge is 0.291 e. The van der Waals surface area contributed by atoms with E-state index in [4.69, 9.17) is 4.42 Å². The lowest BCUT2D eigenvalue weighted by Crippen LogP contribution is -2.13. The molecule has 0 aliphatic heterocycles. The molecule has 0 saturated heterocycles. The standard InChI is InChI=1S/C13H10BrFN2O3/c1-7(18)16-8-2-3-9(15)10(6-8)17-13(19)11-4-5-12(14)20-11/h2-6H,1H3,(H,16,18)(H,17,19). The molecule has 5 nitrogen and oxygen atoms in total. The summed E-state index contributed by atoms with van der Waals surface area (Å²) in [6, 6.07) is 6.88. The molecule has 2 amide bonds. The highest BCUT2D eigenvalue weighted by molar-refractivity contribution is 9.10. The molecule has 1 aromatic carbocycles. The number of rotatable bonds is 3. The van der Waals surface area contributed by atoms with E-state index < -0.39 is 11.7 Å². The highest BCUT2D eigenvalue weighted by atomic mass is 79.9. The SMILES string of the molecule is CC(=O)Nc1ccc(F)c(NC(=O)c2ccc(Br)o2)c1. The second-order valence-corrected chi connectivity index (χ2v) is 4.72. The average molecular weight is 341 g/mol. The number of hydrogen-bond donors (Lipinski definition) is 2. The van der Waals surface area contributed by atoms with Crippen LogP contribution in [0.25, 0.3) is 0 Å². The summed E-state index contributed by atoms with van der Waals surface area (Å²) in [5.74, 6) is -1.45. The first-order valence-corrected chi connectivity index (χ1v) is 6.39. The van der Waals surface area contributed by atoms with Crippen LogP contribution in [-0.4, -0.2) is 11.8 Å². The number of nitrogens with one attached hydrogen (secondary N) is 2. The third-order valence-corrected chi connectivity index (χ3v) is 2.76. The van der Waals surface area contributed by atoms with E-state index >= 15 is 0 Å². The number of halogens is 2. The molecule has 0 fully saturated rings. The van der Waals surface area contributed by atoms with Gasteiger partial charge in [0, 0.05) is 12.6 Å². The van der Waals surface area contributed by atoms with Crippen LogP contribution in [-0.2, 0) is 4.79 Å². The number of benzene rings is 1. The molecule has 2 aromatic rings. The topological polar surface area (TPSA) is 71.3 Å². The zero-order valence-electron chi connectivity index (χ0n) is 10.4. The molecule has 2 rings (SSSR count). The van der Waals surface area contributed by atoms with Gasteiger partial charge in [0.1, 0.15) is 5.82 Å². The van der Waals surface area contributed by atoms with Crippen LogP contribution in [0.3, 0.4) is 0 Å². The minimum absolute atomic E-state index is 0.0428. The minimum atomic E-state index is -0.613. The Morgan fingerprint density at radius 2 is 1.95 bits per heavy atom. The highest BCUT2D eigenvalue weighted by Gasteiger charge is 2.13. The summed E-state index contributed by atoms with van der Waals surface area (Å²) in [4.78, 5) is 22.8. The van der Waals surface area contributed by atoms with E-state index in [0.29, 0.717) is 10.4 Å². The first-order chi connectivity index (χ1) is 9.45. The molecular formula is C13H10BrFN2O3. The molecular weight excluding hydrogens is 331 g/mol. The van der Waals surface area contributed by atoms with Gasteiger partial charge >= 0.3 is 0 Å². The van der Waals surface area contributed by atoms with Crippen LogP contribution in [0, 0.1) is 5.82 Å². The number of anilines is 2. The molecule has 104 valence electrons. The van der Waals surface area contributed by atoms with Crippen molar-refractivity contribution in [2.45, 2.75) is 6.92 Å². The highest BCUT2D eigenvalue weighted by Crippen LogP contribution is 2.21. The van der Waals surface area contributed by atoms with Crippen LogP contribution in [0.4, 0.5) is 15.8 Å². The molecule has 0 bridgehead atoms. The second-order valence-electron chi connectivity index (χ2n) is 3.93. The Bertz CT molecular complexity index is 669.